The van der Waals surface area contributed by atoms with E-state index in [9.17, 15) is 14.7 Å². The zero-order chi connectivity index (χ0) is 18.9. The van der Waals surface area contributed by atoms with Crippen LogP contribution in [0.2, 0.25) is 0 Å². The highest BCUT2D eigenvalue weighted by Crippen LogP contribution is 2.17. The average Bonchev–Trinajstić information content (AvgIpc) is 2.66. The average molecular weight is 352 g/mol. The Balaban J connectivity index is 2.04. The van der Waals surface area contributed by atoms with Gasteiger partial charge in [-0.2, -0.15) is 0 Å². The monoisotopic (exact) mass is 352 g/mol. The van der Waals surface area contributed by atoms with Gasteiger partial charge in [-0.3, -0.25) is 4.79 Å². The van der Waals surface area contributed by atoms with Crippen LogP contribution in [0, 0.1) is 0 Å². The fourth-order valence-corrected chi connectivity index (χ4v) is 2.53. The third-order valence-corrected chi connectivity index (χ3v) is 3.92. The van der Waals surface area contributed by atoms with Crippen LogP contribution in [0.4, 0.5) is 5.69 Å². The molecule has 0 amide bonds. The Kier molecular flexibility index (Phi) is 6.97. The van der Waals surface area contributed by atoms with Gasteiger partial charge in [0.15, 0.2) is 5.78 Å². The van der Waals surface area contributed by atoms with Crippen molar-refractivity contribution in [2.24, 2.45) is 0 Å². The molecule has 0 N–H and O–H groups in total. The van der Waals surface area contributed by atoms with Crippen LogP contribution in [0.1, 0.15) is 29.8 Å². The van der Waals surface area contributed by atoms with E-state index >= 15 is 0 Å². The molecule has 0 radical (unpaired) electrons. The van der Waals surface area contributed by atoms with Crippen molar-refractivity contribution in [3.63, 3.8) is 0 Å². The predicted octanol–water partition coefficient (Wildman–Crippen LogP) is 2.56. The van der Waals surface area contributed by atoms with Gasteiger partial charge in [-0.1, -0.05) is 30.3 Å². The first kappa shape index (κ1) is 19.2. The van der Waals surface area contributed by atoms with Crippen LogP contribution >= 0.6 is 0 Å². The Labute approximate surface area is 153 Å². The number of hydrogen-bond donors (Lipinski definition) is 0. The molecular weight excluding hydrogens is 330 g/mol. The van der Waals surface area contributed by atoms with Gasteiger partial charge in [-0.15, -0.1) is 0 Å². The molecule has 0 aromatic heterocycles. The molecule has 0 aliphatic carbocycles. The van der Waals surface area contributed by atoms with Gasteiger partial charge in [0.25, 0.3) is 0 Å². The van der Waals surface area contributed by atoms with Gasteiger partial charge in [-0.25, -0.2) is 0 Å². The summed E-state index contributed by atoms with van der Waals surface area (Å²) in [5.74, 6) is -1.18. The van der Waals surface area contributed by atoms with Gasteiger partial charge in [0.2, 0.25) is 0 Å². The van der Waals surface area contributed by atoms with E-state index in [1.807, 2.05) is 24.3 Å². The van der Waals surface area contributed by atoms with E-state index in [1.54, 1.807) is 24.3 Å². The fraction of sp³-hybridized carbons (Fsp3) is 0.238. The van der Waals surface area contributed by atoms with Gasteiger partial charge in [0.1, 0.15) is 12.4 Å². The first-order valence-electron chi connectivity index (χ1n) is 8.53. The highest BCUT2D eigenvalue weighted by molar-refractivity contribution is 6.07. The summed E-state index contributed by atoms with van der Waals surface area (Å²) in [4.78, 5) is 25.0. The molecule has 0 heterocycles. The summed E-state index contributed by atoms with van der Waals surface area (Å²) in [5, 5.41) is 10.4. The zero-order valence-corrected chi connectivity index (χ0v) is 15.0. The number of ether oxygens (including phenoxy) is 1. The third kappa shape index (κ3) is 5.48. The third-order valence-electron chi connectivity index (χ3n) is 3.92. The molecule has 0 unspecified atom stereocenters. The Morgan fingerprint density at radius 2 is 1.77 bits per heavy atom. The molecule has 5 heteroatoms. The lowest BCUT2D eigenvalue weighted by Gasteiger charge is -2.20. The second kappa shape index (κ2) is 9.42. The molecule has 136 valence electrons. The van der Waals surface area contributed by atoms with E-state index in [4.69, 9.17) is 4.74 Å². The van der Waals surface area contributed by atoms with Crippen LogP contribution in [0.5, 0.6) is 5.75 Å². The summed E-state index contributed by atoms with van der Waals surface area (Å²) in [6, 6.07) is 14.4. The van der Waals surface area contributed by atoms with Crippen molar-refractivity contribution in [3.05, 3.63) is 65.7 Å². The number of ketones is 1. The van der Waals surface area contributed by atoms with E-state index < -0.39 is 12.6 Å². The number of aliphatic carboxylic acids is 1. The van der Waals surface area contributed by atoms with E-state index in [0.29, 0.717) is 11.3 Å². The van der Waals surface area contributed by atoms with Crippen LogP contribution in [-0.4, -0.2) is 31.4 Å². The second-order valence-corrected chi connectivity index (χ2v) is 5.65. The molecule has 0 fully saturated rings. The summed E-state index contributed by atoms with van der Waals surface area (Å²) in [6.45, 7) is 5.56. The van der Waals surface area contributed by atoms with Crippen molar-refractivity contribution in [1.29, 1.82) is 0 Å². The van der Waals surface area contributed by atoms with Crippen LogP contribution in [0.25, 0.3) is 6.08 Å². The molecule has 0 atom stereocenters. The van der Waals surface area contributed by atoms with Crippen molar-refractivity contribution in [2.45, 2.75) is 13.8 Å². The van der Waals surface area contributed by atoms with Crippen molar-refractivity contribution in [2.75, 3.05) is 24.6 Å². The number of anilines is 1. The zero-order valence-electron chi connectivity index (χ0n) is 15.0. The van der Waals surface area contributed by atoms with Gasteiger partial charge >= 0.3 is 0 Å². The van der Waals surface area contributed by atoms with E-state index in [2.05, 4.69) is 18.7 Å². The standard InChI is InChI=1S/C21H23NO4/c1-3-22(4-2)18-11-8-16(9-12-18)10-13-20(23)17-6-5-7-19(14-17)26-15-21(24)25/h5-14H,3-4,15H2,1-2H3,(H,24,25)/p-1/b13-10+. The number of carbonyl (C=O) groups excluding carboxylic acids is 2. The maximum Gasteiger partial charge on any atom is 0.185 e. The summed E-state index contributed by atoms with van der Waals surface area (Å²) in [6.07, 6.45) is 3.24. The molecule has 5 nitrogen and oxygen atoms in total. The van der Waals surface area contributed by atoms with Crippen LogP contribution in [0.3, 0.4) is 0 Å². The minimum atomic E-state index is -1.31. The number of carboxylic acid groups (broad SMARTS) is 1. The van der Waals surface area contributed by atoms with Crippen LogP contribution < -0.4 is 14.7 Å². The normalized spacial score (nSPS) is 10.7. The highest BCUT2D eigenvalue weighted by atomic mass is 16.5. The topological polar surface area (TPSA) is 69.7 Å². The largest absolute Gasteiger partial charge is 0.546 e. The summed E-state index contributed by atoms with van der Waals surface area (Å²) >= 11 is 0. The lowest BCUT2D eigenvalue weighted by molar-refractivity contribution is -0.307. The van der Waals surface area contributed by atoms with Crippen molar-refractivity contribution in [1.82, 2.24) is 0 Å². The van der Waals surface area contributed by atoms with Gasteiger partial charge in [-0.05, 0) is 49.8 Å². The summed E-state index contributed by atoms with van der Waals surface area (Å²) in [7, 11) is 0. The molecule has 2 rings (SSSR count). The van der Waals surface area contributed by atoms with E-state index in [-0.39, 0.29) is 5.78 Å². The molecular formula is C21H22NO4-. The quantitative estimate of drug-likeness (QED) is 0.512. The highest BCUT2D eigenvalue weighted by Gasteiger charge is 2.04. The Morgan fingerprint density at radius 3 is 2.38 bits per heavy atom. The Morgan fingerprint density at radius 1 is 1.08 bits per heavy atom. The molecule has 0 aliphatic rings. The number of allylic oxidation sites excluding steroid dienone is 1. The van der Waals surface area contributed by atoms with E-state index in [1.165, 1.54) is 12.1 Å². The van der Waals surface area contributed by atoms with Gasteiger partial charge < -0.3 is 19.5 Å². The molecule has 2 aromatic rings. The van der Waals surface area contributed by atoms with Crippen molar-refractivity contribution in [3.8, 4) is 5.75 Å². The molecule has 0 bridgehead atoms. The number of benzene rings is 2. The number of hydrogen-bond acceptors (Lipinski definition) is 5. The number of carboxylic acids is 1. The molecule has 0 saturated heterocycles. The molecule has 0 spiro atoms. The second-order valence-electron chi connectivity index (χ2n) is 5.65. The number of carbonyl (C=O) groups is 2. The maximum atomic E-state index is 12.3. The lowest BCUT2D eigenvalue weighted by Crippen LogP contribution is -2.28. The predicted molar refractivity (Wildman–Crippen MR) is 100 cm³/mol. The summed E-state index contributed by atoms with van der Waals surface area (Å²) < 4.78 is 5.03. The minimum absolute atomic E-state index is 0.184. The van der Waals surface area contributed by atoms with Gasteiger partial charge in [0, 0.05) is 24.3 Å². The van der Waals surface area contributed by atoms with Crippen LogP contribution in [-0.2, 0) is 4.79 Å². The lowest BCUT2D eigenvalue weighted by atomic mass is 10.1. The molecule has 0 aliphatic heterocycles. The number of nitrogens with zero attached hydrogens (tertiary/aromatic N) is 1. The summed E-state index contributed by atoms with van der Waals surface area (Å²) in [5.41, 5.74) is 2.51. The minimum Gasteiger partial charge on any atom is -0.546 e. The first-order chi connectivity index (χ1) is 12.5. The maximum absolute atomic E-state index is 12.3. The number of rotatable bonds is 9. The Hall–Kier alpha value is -3.08. The van der Waals surface area contributed by atoms with Crippen molar-refractivity contribution >= 4 is 23.5 Å². The van der Waals surface area contributed by atoms with E-state index in [0.717, 1.165) is 24.3 Å². The fourth-order valence-electron chi connectivity index (χ4n) is 2.53. The Bertz CT molecular complexity index is 777. The first-order valence-corrected chi connectivity index (χ1v) is 8.53. The molecule has 26 heavy (non-hydrogen) atoms. The van der Waals surface area contributed by atoms with Crippen molar-refractivity contribution < 1.29 is 19.4 Å². The molecule has 2 aromatic carbocycles. The molecule has 0 saturated carbocycles. The smallest absolute Gasteiger partial charge is 0.185 e. The SMILES string of the molecule is CCN(CC)c1ccc(/C=C/C(=O)c2cccc(OCC(=O)[O-])c2)cc1. The van der Waals surface area contributed by atoms with Gasteiger partial charge in [0.05, 0.1) is 5.97 Å². The van der Waals surface area contributed by atoms with Crippen LogP contribution in [0.15, 0.2) is 54.6 Å².